The second-order valence-corrected chi connectivity index (χ2v) is 4.73. The fraction of sp³-hybridized carbons (Fsp3) is 0.500. The molecule has 0 unspecified atom stereocenters. The van der Waals surface area contributed by atoms with Gasteiger partial charge in [-0.05, 0) is 26.8 Å². The summed E-state index contributed by atoms with van der Waals surface area (Å²) in [5.41, 5.74) is 1.35. The number of carbonyl (C=O) groups excluding carboxylic acids is 1. The van der Waals surface area contributed by atoms with Crippen molar-refractivity contribution in [3.63, 3.8) is 0 Å². The van der Waals surface area contributed by atoms with Gasteiger partial charge in [0.2, 0.25) is 0 Å². The number of aromatic nitrogens is 5. The number of carbonyl (C=O) groups is 1. The van der Waals surface area contributed by atoms with E-state index < -0.39 is 0 Å². The predicted octanol–water partition coefficient (Wildman–Crippen LogP) is 0.831. The summed E-state index contributed by atoms with van der Waals surface area (Å²) in [6, 6.07) is 2.02. The lowest BCUT2D eigenvalue weighted by Gasteiger charge is -2.10. The Bertz CT molecular complexity index is 583. The fourth-order valence-electron chi connectivity index (χ4n) is 1.90. The number of hydrogen-bond donors (Lipinski definition) is 1. The zero-order valence-corrected chi connectivity index (χ0v) is 11.6. The van der Waals surface area contributed by atoms with Crippen LogP contribution in [-0.2, 0) is 13.6 Å². The quantitative estimate of drug-likeness (QED) is 0.885. The number of hydrogen-bond acceptors (Lipinski definition) is 4. The molecule has 0 saturated carbocycles. The third kappa shape index (κ3) is 2.81. The van der Waals surface area contributed by atoms with Crippen LogP contribution in [0.1, 0.15) is 41.9 Å². The highest BCUT2D eigenvalue weighted by molar-refractivity contribution is 5.92. The van der Waals surface area contributed by atoms with Gasteiger partial charge in [-0.3, -0.25) is 9.48 Å². The van der Waals surface area contributed by atoms with Crippen LogP contribution in [0, 0.1) is 6.92 Å². The van der Waals surface area contributed by atoms with Crippen LogP contribution in [0.25, 0.3) is 0 Å². The summed E-state index contributed by atoms with van der Waals surface area (Å²) >= 11 is 0. The van der Waals surface area contributed by atoms with Crippen molar-refractivity contribution in [2.45, 2.75) is 33.4 Å². The van der Waals surface area contributed by atoms with Crippen LogP contribution in [0.2, 0.25) is 0 Å². The van der Waals surface area contributed by atoms with Gasteiger partial charge in [-0.15, -0.1) is 10.2 Å². The Hall–Kier alpha value is -2.18. The molecule has 0 aliphatic rings. The summed E-state index contributed by atoms with van der Waals surface area (Å²) in [5, 5.41) is 14.8. The van der Waals surface area contributed by atoms with Gasteiger partial charge in [0.15, 0.2) is 5.82 Å². The Morgan fingerprint density at radius 3 is 2.79 bits per heavy atom. The molecule has 0 fully saturated rings. The summed E-state index contributed by atoms with van der Waals surface area (Å²) < 4.78 is 3.49. The SMILES string of the molecule is Cc1cc(C(=O)NCc2nncn2C(C)C)n(C)n1. The Labute approximate surface area is 111 Å². The van der Waals surface area contributed by atoms with E-state index in [0.29, 0.717) is 12.2 Å². The first kappa shape index (κ1) is 13.3. The molecular formula is C12H18N6O. The lowest BCUT2D eigenvalue weighted by Crippen LogP contribution is -2.26. The van der Waals surface area contributed by atoms with E-state index in [4.69, 9.17) is 0 Å². The van der Waals surface area contributed by atoms with Crippen LogP contribution in [0.5, 0.6) is 0 Å². The lowest BCUT2D eigenvalue weighted by molar-refractivity contribution is 0.0940. The van der Waals surface area contributed by atoms with Gasteiger partial charge in [0.1, 0.15) is 12.0 Å². The van der Waals surface area contributed by atoms with Crippen LogP contribution in [-0.4, -0.2) is 30.5 Å². The molecule has 0 saturated heterocycles. The minimum atomic E-state index is -0.165. The van der Waals surface area contributed by atoms with E-state index >= 15 is 0 Å². The third-order valence-corrected chi connectivity index (χ3v) is 2.85. The first-order chi connectivity index (χ1) is 8.99. The summed E-state index contributed by atoms with van der Waals surface area (Å²) in [5.74, 6) is 0.573. The van der Waals surface area contributed by atoms with Crippen LogP contribution in [0.3, 0.4) is 0 Å². The molecule has 102 valence electrons. The standard InChI is InChI=1S/C12H18N6O/c1-8(2)18-7-14-15-11(18)6-13-12(19)10-5-9(3)16-17(10)4/h5,7-8H,6H2,1-4H3,(H,13,19). The molecule has 1 N–H and O–H groups in total. The Morgan fingerprint density at radius 2 is 2.21 bits per heavy atom. The van der Waals surface area contributed by atoms with Gasteiger partial charge in [0.05, 0.1) is 12.2 Å². The second-order valence-electron chi connectivity index (χ2n) is 4.73. The monoisotopic (exact) mass is 262 g/mol. The second kappa shape index (κ2) is 5.21. The van der Waals surface area contributed by atoms with Gasteiger partial charge >= 0.3 is 0 Å². The first-order valence-corrected chi connectivity index (χ1v) is 6.16. The summed E-state index contributed by atoms with van der Waals surface area (Å²) in [7, 11) is 1.75. The van der Waals surface area contributed by atoms with E-state index in [-0.39, 0.29) is 11.9 Å². The van der Waals surface area contributed by atoms with Gasteiger partial charge < -0.3 is 9.88 Å². The minimum absolute atomic E-state index is 0.165. The molecule has 0 aromatic carbocycles. The Morgan fingerprint density at radius 1 is 1.47 bits per heavy atom. The van der Waals surface area contributed by atoms with Crippen molar-refractivity contribution in [2.75, 3.05) is 0 Å². The molecule has 2 heterocycles. The average Bonchev–Trinajstić information content (AvgIpc) is 2.92. The highest BCUT2D eigenvalue weighted by atomic mass is 16.2. The molecule has 2 aromatic heterocycles. The minimum Gasteiger partial charge on any atom is -0.343 e. The highest BCUT2D eigenvalue weighted by Gasteiger charge is 2.13. The van der Waals surface area contributed by atoms with Gasteiger partial charge in [-0.1, -0.05) is 0 Å². The maximum Gasteiger partial charge on any atom is 0.269 e. The maximum atomic E-state index is 12.0. The zero-order valence-electron chi connectivity index (χ0n) is 11.6. The van der Waals surface area contributed by atoms with E-state index in [1.165, 1.54) is 0 Å². The highest BCUT2D eigenvalue weighted by Crippen LogP contribution is 2.07. The van der Waals surface area contributed by atoms with Crippen molar-refractivity contribution in [3.05, 3.63) is 29.6 Å². The number of nitrogens with zero attached hydrogens (tertiary/aromatic N) is 5. The largest absolute Gasteiger partial charge is 0.343 e. The lowest BCUT2D eigenvalue weighted by atomic mass is 10.3. The topological polar surface area (TPSA) is 77.6 Å². The van der Waals surface area contributed by atoms with Crippen LogP contribution < -0.4 is 5.32 Å². The number of rotatable bonds is 4. The molecule has 7 nitrogen and oxygen atoms in total. The molecular weight excluding hydrogens is 244 g/mol. The van der Waals surface area contributed by atoms with Crippen LogP contribution in [0.4, 0.5) is 0 Å². The van der Waals surface area contributed by atoms with E-state index in [2.05, 4.69) is 20.6 Å². The Kier molecular flexibility index (Phi) is 3.64. The van der Waals surface area contributed by atoms with Crippen molar-refractivity contribution in [3.8, 4) is 0 Å². The van der Waals surface area contributed by atoms with Crippen molar-refractivity contribution in [1.82, 2.24) is 29.9 Å². The van der Waals surface area contributed by atoms with Crippen LogP contribution in [0.15, 0.2) is 12.4 Å². The van der Waals surface area contributed by atoms with Crippen molar-refractivity contribution in [1.29, 1.82) is 0 Å². The number of amides is 1. The van der Waals surface area contributed by atoms with Gasteiger partial charge in [0, 0.05) is 13.1 Å². The summed E-state index contributed by atoms with van der Waals surface area (Å²) in [6.45, 7) is 6.28. The molecule has 7 heteroatoms. The molecule has 2 aromatic rings. The molecule has 1 amide bonds. The molecule has 0 bridgehead atoms. The fourth-order valence-corrected chi connectivity index (χ4v) is 1.90. The Balaban J connectivity index is 2.04. The molecule has 0 aliphatic heterocycles. The smallest absolute Gasteiger partial charge is 0.269 e. The molecule has 2 rings (SSSR count). The van der Waals surface area contributed by atoms with Gasteiger partial charge in [0.25, 0.3) is 5.91 Å². The van der Waals surface area contributed by atoms with Gasteiger partial charge in [-0.2, -0.15) is 5.10 Å². The maximum absolute atomic E-state index is 12.0. The van der Waals surface area contributed by atoms with Crippen molar-refractivity contribution in [2.24, 2.45) is 7.05 Å². The van der Waals surface area contributed by atoms with E-state index in [9.17, 15) is 4.79 Å². The van der Waals surface area contributed by atoms with E-state index in [0.717, 1.165) is 11.5 Å². The zero-order chi connectivity index (χ0) is 14.0. The van der Waals surface area contributed by atoms with Crippen molar-refractivity contribution < 1.29 is 4.79 Å². The number of aryl methyl sites for hydroxylation is 2. The summed E-state index contributed by atoms with van der Waals surface area (Å²) in [4.78, 5) is 12.0. The normalized spacial score (nSPS) is 11.0. The predicted molar refractivity (Wildman–Crippen MR) is 69.5 cm³/mol. The average molecular weight is 262 g/mol. The van der Waals surface area contributed by atoms with Gasteiger partial charge in [-0.25, -0.2) is 0 Å². The molecule has 0 aliphatic carbocycles. The molecule has 0 atom stereocenters. The summed E-state index contributed by atoms with van der Waals surface area (Å²) in [6.07, 6.45) is 1.67. The van der Waals surface area contributed by atoms with E-state index in [1.54, 1.807) is 24.1 Å². The molecule has 0 spiro atoms. The van der Waals surface area contributed by atoms with E-state index in [1.807, 2.05) is 25.3 Å². The molecule has 19 heavy (non-hydrogen) atoms. The first-order valence-electron chi connectivity index (χ1n) is 6.16. The number of nitrogens with one attached hydrogen (secondary N) is 1. The molecule has 0 radical (unpaired) electrons. The van der Waals surface area contributed by atoms with Crippen LogP contribution >= 0.6 is 0 Å². The van der Waals surface area contributed by atoms with Crippen molar-refractivity contribution >= 4 is 5.91 Å². The third-order valence-electron chi connectivity index (χ3n) is 2.85.